The van der Waals surface area contributed by atoms with Gasteiger partial charge in [0.2, 0.25) is 11.8 Å². The maximum Gasteiger partial charge on any atom is 0.410 e. The molecule has 1 saturated heterocycles. The normalized spacial score (nSPS) is 25.2. The van der Waals surface area contributed by atoms with Gasteiger partial charge < -0.3 is 14.8 Å². The topological polar surface area (TPSA) is 93.7 Å². The predicted octanol–water partition coefficient (Wildman–Crippen LogP) is 2.68. The average Bonchev–Trinajstić information content (AvgIpc) is 3.13. The second-order valence-corrected chi connectivity index (χ2v) is 8.48. The molecule has 1 N–H and O–H groups in total. The van der Waals surface area contributed by atoms with Gasteiger partial charge in [0.15, 0.2) is 0 Å². The Labute approximate surface area is 166 Å². The molecule has 1 saturated carbocycles. The molecule has 1 unspecified atom stereocenters. The van der Waals surface area contributed by atoms with Gasteiger partial charge in [-0.3, -0.25) is 14.7 Å². The summed E-state index contributed by atoms with van der Waals surface area (Å²) in [4.78, 5) is 34.8. The van der Waals surface area contributed by atoms with Crippen molar-refractivity contribution < 1.29 is 19.1 Å². The van der Waals surface area contributed by atoms with E-state index in [4.69, 9.17) is 9.47 Å². The first-order chi connectivity index (χ1) is 13.3. The summed E-state index contributed by atoms with van der Waals surface area (Å²) in [5, 5.41) is 3.12. The van der Waals surface area contributed by atoms with Crippen molar-refractivity contribution in [2.75, 3.05) is 6.54 Å². The summed E-state index contributed by atoms with van der Waals surface area (Å²) in [6.45, 7) is 6.05. The second kappa shape index (κ2) is 8.75. The summed E-state index contributed by atoms with van der Waals surface area (Å²) in [6, 6.07) is -0.335. The second-order valence-electron chi connectivity index (χ2n) is 8.48. The van der Waals surface area contributed by atoms with E-state index >= 15 is 0 Å². The molecule has 2 heterocycles. The number of nitrogens with one attached hydrogen (secondary N) is 1. The molecule has 1 aliphatic carbocycles. The Morgan fingerprint density at radius 2 is 1.89 bits per heavy atom. The molecule has 1 atom stereocenters. The number of hydrogen-bond acceptors (Lipinski definition) is 6. The van der Waals surface area contributed by atoms with Crippen LogP contribution in [0.4, 0.5) is 4.79 Å². The maximum atomic E-state index is 12.8. The van der Waals surface area contributed by atoms with Crippen molar-refractivity contribution in [3.63, 3.8) is 0 Å². The lowest BCUT2D eigenvalue weighted by Gasteiger charge is -2.32. The van der Waals surface area contributed by atoms with E-state index in [1.807, 2.05) is 20.8 Å². The monoisotopic (exact) mass is 390 g/mol. The third-order valence-corrected chi connectivity index (χ3v) is 5.03. The van der Waals surface area contributed by atoms with E-state index in [0.717, 1.165) is 32.1 Å². The Morgan fingerprint density at radius 1 is 1.14 bits per heavy atom. The van der Waals surface area contributed by atoms with E-state index in [-0.39, 0.29) is 18.1 Å². The molecule has 0 radical (unpaired) electrons. The number of carbonyl (C=O) groups excluding carboxylic acids is 2. The number of nitrogens with zero attached hydrogens (tertiary/aromatic N) is 3. The van der Waals surface area contributed by atoms with Gasteiger partial charge >= 0.3 is 6.09 Å². The number of rotatable bonds is 4. The van der Waals surface area contributed by atoms with Gasteiger partial charge in [-0.05, 0) is 59.3 Å². The number of aromatic nitrogens is 2. The Morgan fingerprint density at radius 3 is 2.54 bits per heavy atom. The van der Waals surface area contributed by atoms with Crippen LogP contribution < -0.4 is 10.1 Å². The first-order valence-electron chi connectivity index (χ1n) is 10.0. The molecule has 8 nitrogen and oxygen atoms in total. The molecule has 1 aliphatic heterocycles. The third kappa shape index (κ3) is 5.56. The van der Waals surface area contributed by atoms with Gasteiger partial charge in [0, 0.05) is 25.0 Å². The van der Waals surface area contributed by atoms with Crippen molar-refractivity contribution in [3.8, 4) is 5.88 Å². The lowest BCUT2D eigenvalue weighted by atomic mass is 9.92. The number of hydrogen-bond donors (Lipinski definition) is 1. The molecular weight excluding hydrogens is 360 g/mol. The van der Waals surface area contributed by atoms with Gasteiger partial charge in [-0.1, -0.05) is 0 Å². The summed E-state index contributed by atoms with van der Waals surface area (Å²) < 4.78 is 11.3. The van der Waals surface area contributed by atoms with Crippen LogP contribution in [-0.4, -0.2) is 57.2 Å². The fraction of sp³-hybridized carbons (Fsp3) is 0.700. The van der Waals surface area contributed by atoms with Crippen LogP contribution in [0.15, 0.2) is 18.6 Å². The highest BCUT2D eigenvalue weighted by Crippen LogP contribution is 2.25. The van der Waals surface area contributed by atoms with Gasteiger partial charge in [-0.2, -0.15) is 0 Å². The molecular formula is C20H30N4O4. The van der Waals surface area contributed by atoms with E-state index in [1.54, 1.807) is 23.5 Å². The zero-order valence-electron chi connectivity index (χ0n) is 16.9. The minimum atomic E-state index is -0.567. The molecule has 1 aromatic rings. The average molecular weight is 390 g/mol. The van der Waals surface area contributed by atoms with Crippen molar-refractivity contribution in [2.45, 2.75) is 83.1 Å². The third-order valence-electron chi connectivity index (χ3n) is 5.03. The minimum absolute atomic E-state index is 0.0818. The lowest BCUT2D eigenvalue weighted by molar-refractivity contribution is -0.126. The highest BCUT2D eigenvalue weighted by molar-refractivity contribution is 5.86. The van der Waals surface area contributed by atoms with Crippen molar-refractivity contribution >= 4 is 12.0 Å². The Balaban J connectivity index is 1.46. The zero-order valence-corrected chi connectivity index (χ0v) is 16.9. The highest BCUT2D eigenvalue weighted by atomic mass is 16.6. The SMILES string of the molecule is CC(C)(C)OC(=O)N1CCCC1C(=O)NC1CCC(Oc2cnccn2)CC1. The van der Waals surface area contributed by atoms with Crippen LogP contribution in [0, 0.1) is 0 Å². The molecule has 8 heteroatoms. The van der Waals surface area contributed by atoms with Crippen molar-refractivity contribution in [3.05, 3.63) is 18.6 Å². The summed E-state index contributed by atoms with van der Waals surface area (Å²) in [6.07, 6.45) is 9.39. The van der Waals surface area contributed by atoms with Gasteiger partial charge in [-0.25, -0.2) is 9.78 Å². The number of carbonyl (C=O) groups is 2. The van der Waals surface area contributed by atoms with Crippen LogP contribution in [0.1, 0.15) is 59.3 Å². The maximum absolute atomic E-state index is 12.8. The van der Waals surface area contributed by atoms with Crippen molar-refractivity contribution in [2.24, 2.45) is 0 Å². The number of amides is 2. The largest absolute Gasteiger partial charge is 0.473 e. The van der Waals surface area contributed by atoms with Crippen LogP contribution in [0.5, 0.6) is 5.88 Å². The highest BCUT2D eigenvalue weighted by Gasteiger charge is 2.37. The number of likely N-dealkylation sites (tertiary alicyclic amines) is 1. The summed E-state index contributed by atoms with van der Waals surface area (Å²) in [7, 11) is 0. The van der Waals surface area contributed by atoms with Crippen LogP contribution >= 0.6 is 0 Å². The quantitative estimate of drug-likeness (QED) is 0.850. The molecule has 0 bridgehead atoms. The molecule has 0 aromatic carbocycles. The molecule has 0 spiro atoms. The Hall–Kier alpha value is -2.38. The Bertz CT molecular complexity index is 669. The smallest absolute Gasteiger partial charge is 0.410 e. The van der Waals surface area contributed by atoms with Crippen LogP contribution in [-0.2, 0) is 9.53 Å². The lowest BCUT2D eigenvalue weighted by Crippen LogP contribution is -2.50. The summed E-state index contributed by atoms with van der Waals surface area (Å²) in [5.74, 6) is 0.454. The van der Waals surface area contributed by atoms with E-state index in [1.165, 1.54) is 0 Å². The molecule has 2 fully saturated rings. The standard InChI is InChI=1S/C20H30N4O4/c1-20(2,3)28-19(26)24-12-4-5-16(24)18(25)23-14-6-8-15(9-7-14)27-17-13-21-10-11-22-17/h10-11,13-16H,4-9,12H2,1-3H3,(H,23,25). The molecule has 154 valence electrons. The fourth-order valence-corrected chi connectivity index (χ4v) is 3.72. The van der Waals surface area contributed by atoms with E-state index < -0.39 is 17.7 Å². The number of ether oxygens (including phenoxy) is 2. The molecule has 3 rings (SSSR count). The zero-order chi connectivity index (χ0) is 20.1. The van der Waals surface area contributed by atoms with Gasteiger partial charge in [0.25, 0.3) is 0 Å². The minimum Gasteiger partial charge on any atom is -0.473 e. The van der Waals surface area contributed by atoms with Crippen molar-refractivity contribution in [1.29, 1.82) is 0 Å². The Kier molecular flexibility index (Phi) is 6.36. The summed E-state index contributed by atoms with van der Waals surface area (Å²) >= 11 is 0. The molecule has 28 heavy (non-hydrogen) atoms. The van der Waals surface area contributed by atoms with Gasteiger partial charge in [0.05, 0.1) is 6.20 Å². The van der Waals surface area contributed by atoms with E-state index in [0.29, 0.717) is 18.8 Å². The first-order valence-corrected chi connectivity index (χ1v) is 10.0. The molecule has 2 aliphatic rings. The van der Waals surface area contributed by atoms with E-state index in [2.05, 4.69) is 15.3 Å². The van der Waals surface area contributed by atoms with Crippen LogP contribution in [0.25, 0.3) is 0 Å². The fourth-order valence-electron chi connectivity index (χ4n) is 3.72. The molecule has 2 amide bonds. The predicted molar refractivity (Wildman–Crippen MR) is 103 cm³/mol. The molecule has 1 aromatic heterocycles. The van der Waals surface area contributed by atoms with Crippen LogP contribution in [0.2, 0.25) is 0 Å². The van der Waals surface area contributed by atoms with Crippen LogP contribution in [0.3, 0.4) is 0 Å². The van der Waals surface area contributed by atoms with E-state index in [9.17, 15) is 9.59 Å². The van der Waals surface area contributed by atoms with Gasteiger partial charge in [0.1, 0.15) is 17.7 Å². The summed E-state index contributed by atoms with van der Waals surface area (Å²) in [5.41, 5.74) is -0.567. The first kappa shape index (κ1) is 20.4. The van der Waals surface area contributed by atoms with Crippen molar-refractivity contribution in [1.82, 2.24) is 20.2 Å². The van der Waals surface area contributed by atoms with Gasteiger partial charge in [-0.15, -0.1) is 0 Å².